The van der Waals surface area contributed by atoms with E-state index >= 15 is 0 Å². The Hall–Kier alpha value is -2.90. The fourth-order valence-electron chi connectivity index (χ4n) is 5.54. The van der Waals surface area contributed by atoms with Crippen molar-refractivity contribution in [3.05, 3.63) is 29.8 Å². The number of fused-ring (bicyclic) bond motifs is 3. The lowest BCUT2D eigenvalue weighted by Gasteiger charge is -2.48. The molecule has 0 bridgehead atoms. The van der Waals surface area contributed by atoms with Crippen LogP contribution >= 0.6 is 0 Å². The van der Waals surface area contributed by atoms with Crippen molar-refractivity contribution in [3.8, 4) is 0 Å². The van der Waals surface area contributed by atoms with Gasteiger partial charge in [0.15, 0.2) is 0 Å². The van der Waals surface area contributed by atoms with E-state index in [0.29, 0.717) is 56.4 Å². The number of likely N-dealkylation sites (tertiary alicyclic amines) is 1. The minimum atomic E-state index is -0.685. The van der Waals surface area contributed by atoms with Crippen LogP contribution in [0.4, 0.5) is 5.69 Å². The monoisotopic (exact) mass is 454 g/mol. The third kappa shape index (κ3) is 4.35. The number of rotatable bonds is 9. The van der Waals surface area contributed by atoms with Crippen molar-refractivity contribution in [1.82, 2.24) is 15.1 Å². The summed E-state index contributed by atoms with van der Waals surface area (Å²) in [5.41, 5.74) is 0.537. The fourth-order valence-corrected chi connectivity index (χ4v) is 5.54. The summed E-state index contributed by atoms with van der Waals surface area (Å²) >= 11 is 0. The number of anilines is 1. The minimum absolute atomic E-state index is 0.0298. The number of carbonyl (C=O) groups is 4. The molecule has 178 valence electrons. The molecule has 1 N–H and O–H groups in total. The highest BCUT2D eigenvalue weighted by atomic mass is 16.2. The van der Waals surface area contributed by atoms with Crippen LogP contribution in [-0.2, 0) is 14.4 Å². The van der Waals surface area contributed by atoms with Gasteiger partial charge in [-0.1, -0.05) is 19.1 Å². The van der Waals surface area contributed by atoms with E-state index in [2.05, 4.69) is 12.2 Å². The minimum Gasteiger partial charge on any atom is -0.356 e. The van der Waals surface area contributed by atoms with E-state index in [-0.39, 0.29) is 29.7 Å². The lowest BCUT2D eigenvalue weighted by atomic mass is 9.98. The van der Waals surface area contributed by atoms with E-state index in [9.17, 15) is 19.2 Å². The maximum atomic E-state index is 13.2. The quantitative estimate of drug-likeness (QED) is 0.621. The van der Waals surface area contributed by atoms with Gasteiger partial charge < -0.3 is 15.1 Å². The van der Waals surface area contributed by atoms with Crippen LogP contribution in [0.3, 0.4) is 0 Å². The summed E-state index contributed by atoms with van der Waals surface area (Å²) in [5.74, 6) is 0.114. The molecule has 0 unspecified atom stereocenters. The van der Waals surface area contributed by atoms with Crippen LogP contribution in [0.5, 0.6) is 0 Å². The Morgan fingerprint density at radius 1 is 1.15 bits per heavy atom. The second kappa shape index (κ2) is 9.53. The van der Waals surface area contributed by atoms with Crippen LogP contribution in [0, 0.1) is 0 Å². The van der Waals surface area contributed by atoms with Crippen LogP contribution in [0.15, 0.2) is 24.3 Å². The third-order valence-electron chi connectivity index (χ3n) is 7.35. The molecule has 0 radical (unpaired) electrons. The molecule has 3 aliphatic heterocycles. The Balaban J connectivity index is 1.30. The molecule has 8 heteroatoms. The molecule has 2 atom stereocenters. The lowest BCUT2D eigenvalue weighted by molar-refractivity contribution is -0.129. The van der Waals surface area contributed by atoms with Crippen molar-refractivity contribution in [1.29, 1.82) is 0 Å². The number of benzene rings is 1. The predicted octanol–water partition coefficient (Wildman–Crippen LogP) is 2.67. The van der Waals surface area contributed by atoms with Gasteiger partial charge in [-0.05, 0) is 51.2 Å². The molecule has 0 saturated carbocycles. The Morgan fingerprint density at radius 2 is 1.94 bits per heavy atom. The summed E-state index contributed by atoms with van der Waals surface area (Å²) in [5, 5.41) is 2.97. The van der Waals surface area contributed by atoms with E-state index in [4.69, 9.17) is 0 Å². The second-order valence-electron chi connectivity index (χ2n) is 9.42. The summed E-state index contributed by atoms with van der Waals surface area (Å²) < 4.78 is 0. The van der Waals surface area contributed by atoms with Gasteiger partial charge in [0.05, 0.1) is 11.3 Å². The maximum Gasteiger partial charge on any atom is 0.257 e. The van der Waals surface area contributed by atoms with Gasteiger partial charge >= 0.3 is 0 Å². The van der Waals surface area contributed by atoms with Gasteiger partial charge in [0.1, 0.15) is 5.66 Å². The van der Waals surface area contributed by atoms with Crippen molar-refractivity contribution in [2.75, 3.05) is 24.5 Å². The number of nitrogens with one attached hydrogen (secondary N) is 1. The first-order chi connectivity index (χ1) is 15.9. The third-order valence-corrected chi connectivity index (χ3v) is 7.35. The Kier molecular flexibility index (Phi) is 6.72. The average Bonchev–Trinajstić information content (AvgIpc) is 3.36. The fraction of sp³-hybridized carbons (Fsp3) is 0.600. The number of para-hydroxylation sites is 1. The zero-order chi connectivity index (χ0) is 23.6. The average molecular weight is 455 g/mol. The molecule has 4 rings (SSSR count). The summed E-state index contributed by atoms with van der Waals surface area (Å²) in [6.07, 6.45) is 5.03. The Labute approximate surface area is 195 Å². The largest absolute Gasteiger partial charge is 0.356 e. The van der Waals surface area contributed by atoms with E-state index in [0.717, 1.165) is 25.8 Å². The topological polar surface area (TPSA) is 90.0 Å². The first-order valence-electron chi connectivity index (χ1n) is 12.2. The number of hydrogen-bond acceptors (Lipinski definition) is 4. The van der Waals surface area contributed by atoms with Gasteiger partial charge in [0.2, 0.25) is 17.7 Å². The molecule has 0 spiro atoms. The molecule has 0 aromatic heterocycles. The van der Waals surface area contributed by atoms with E-state index in [1.165, 1.54) is 0 Å². The van der Waals surface area contributed by atoms with Gasteiger partial charge in [-0.15, -0.1) is 0 Å². The molecular weight excluding hydrogens is 420 g/mol. The zero-order valence-corrected chi connectivity index (χ0v) is 19.6. The Morgan fingerprint density at radius 3 is 2.67 bits per heavy atom. The summed E-state index contributed by atoms with van der Waals surface area (Å²) in [7, 11) is 0. The van der Waals surface area contributed by atoms with Gasteiger partial charge in [0, 0.05) is 44.9 Å². The zero-order valence-electron chi connectivity index (χ0n) is 19.6. The standard InChI is InChI=1S/C25H34N4O4/c1-3-18(27-16-7-11-22(27)31)13-15-26-21(30)10-6-17-28-24(33)19-8-4-5-9-20(19)29-23(32)12-14-25(28,29)2/h4-5,8-9,18H,3,6-7,10-17H2,1-2H3,(H,26,30)/t18-,25-/m0/s1. The second-order valence-corrected chi connectivity index (χ2v) is 9.42. The highest BCUT2D eigenvalue weighted by Gasteiger charge is 2.52. The van der Waals surface area contributed by atoms with E-state index < -0.39 is 5.66 Å². The first-order valence-corrected chi connectivity index (χ1v) is 12.2. The van der Waals surface area contributed by atoms with Crippen molar-refractivity contribution in [3.63, 3.8) is 0 Å². The normalized spacial score (nSPS) is 23.1. The molecule has 3 aliphatic rings. The molecule has 1 aromatic carbocycles. The lowest BCUT2D eigenvalue weighted by Crippen LogP contribution is -2.62. The first kappa shape index (κ1) is 23.3. The van der Waals surface area contributed by atoms with Crippen molar-refractivity contribution < 1.29 is 19.2 Å². The smallest absolute Gasteiger partial charge is 0.257 e. The van der Waals surface area contributed by atoms with Gasteiger partial charge in [0.25, 0.3) is 5.91 Å². The van der Waals surface area contributed by atoms with Crippen LogP contribution in [0.25, 0.3) is 0 Å². The molecule has 0 aliphatic carbocycles. The molecular formula is C25H34N4O4. The van der Waals surface area contributed by atoms with Crippen LogP contribution in [0.2, 0.25) is 0 Å². The summed E-state index contributed by atoms with van der Waals surface area (Å²) in [4.78, 5) is 55.7. The SMILES string of the molecule is CC[C@@H](CCNC(=O)CCCN1C(=O)c2ccccc2N2C(=O)CC[C@@]12C)N1CCCC1=O. The highest BCUT2D eigenvalue weighted by Crippen LogP contribution is 2.44. The molecule has 4 amide bonds. The molecule has 33 heavy (non-hydrogen) atoms. The number of amides is 4. The number of hydrogen-bond donors (Lipinski definition) is 1. The Bertz CT molecular complexity index is 948. The highest BCUT2D eigenvalue weighted by molar-refractivity contribution is 6.10. The van der Waals surface area contributed by atoms with Crippen molar-refractivity contribution in [2.45, 2.75) is 76.9 Å². The van der Waals surface area contributed by atoms with Gasteiger partial charge in [-0.3, -0.25) is 24.1 Å². The van der Waals surface area contributed by atoms with Gasteiger partial charge in [-0.25, -0.2) is 0 Å². The molecule has 3 heterocycles. The van der Waals surface area contributed by atoms with Crippen LogP contribution < -0.4 is 10.2 Å². The number of carbonyl (C=O) groups excluding carboxylic acids is 4. The van der Waals surface area contributed by atoms with Crippen molar-refractivity contribution in [2.24, 2.45) is 0 Å². The summed E-state index contributed by atoms with van der Waals surface area (Å²) in [6, 6.07) is 7.43. The molecule has 2 saturated heterocycles. The van der Waals surface area contributed by atoms with Crippen LogP contribution in [0.1, 0.15) is 75.6 Å². The predicted molar refractivity (Wildman–Crippen MR) is 124 cm³/mol. The molecule has 1 aromatic rings. The van der Waals surface area contributed by atoms with Crippen LogP contribution in [-0.4, -0.2) is 64.8 Å². The van der Waals surface area contributed by atoms with E-state index in [1.807, 2.05) is 30.0 Å². The molecule has 8 nitrogen and oxygen atoms in total. The van der Waals surface area contributed by atoms with E-state index in [1.54, 1.807) is 15.9 Å². The number of nitrogens with zero attached hydrogens (tertiary/aromatic N) is 3. The molecule has 2 fully saturated rings. The van der Waals surface area contributed by atoms with Crippen molar-refractivity contribution >= 4 is 29.3 Å². The maximum absolute atomic E-state index is 13.2. The van der Waals surface area contributed by atoms with Gasteiger partial charge in [-0.2, -0.15) is 0 Å². The summed E-state index contributed by atoms with van der Waals surface area (Å²) in [6.45, 7) is 5.79.